The van der Waals surface area contributed by atoms with Gasteiger partial charge in [0.1, 0.15) is 6.04 Å². The summed E-state index contributed by atoms with van der Waals surface area (Å²) in [7, 11) is 0. The van der Waals surface area contributed by atoms with Gasteiger partial charge in [-0.25, -0.2) is 0 Å². The van der Waals surface area contributed by atoms with Crippen molar-refractivity contribution >= 4 is 51.4 Å². The molecule has 0 spiro atoms. The smallest absolute Gasteiger partial charge is 0.256 e. The molecular weight excluding hydrogens is 456 g/mol. The average molecular weight is 483 g/mol. The van der Waals surface area contributed by atoms with Crippen molar-refractivity contribution in [3.8, 4) is 0 Å². The molecule has 0 aliphatic carbocycles. The van der Waals surface area contributed by atoms with Gasteiger partial charge in [-0.05, 0) is 66.8 Å². The monoisotopic (exact) mass is 482 g/mol. The molecular formula is C28H26N4O2S. The lowest BCUT2D eigenvalue weighted by Gasteiger charge is -2.24. The van der Waals surface area contributed by atoms with Gasteiger partial charge in [-0.15, -0.1) is 0 Å². The number of anilines is 2. The predicted octanol–water partition coefficient (Wildman–Crippen LogP) is 5.05. The molecule has 3 aromatic carbocycles. The maximum Gasteiger partial charge on any atom is 0.256 e. The molecule has 1 aliphatic heterocycles. The minimum Gasteiger partial charge on any atom is -0.361 e. The number of hydrogen-bond donors (Lipinski definition) is 2. The third-order valence-corrected chi connectivity index (χ3v) is 6.73. The highest BCUT2D eigenvalue weighted by molar-refractivity contribution is 7.80. The van der Waals surface area contributed by atoms with Crippen molar-refractivity contribution in [3.63, 3.8) is 0 Å². The van der Waals surface area contributed by atoms with Crippen LogP contribution >= 0.6 is 12.2 Å². The van der Waals surface area contributed by atoms with Crippen LogP contribution in [0.25, 0.3) is 10.9 Å². The standard InChI is InChI=1S/C28H26N4O2S/c1-19-7-11-23(12-8-19)32-27(34)25(31(28(32)35)16-14-20-5-3-2-4-6-20)18-26(33)30-22-10-9-21-13-15-29-24(21)17-22/h2-13,15,17,25,29H,14,16,18H2,1H3,(H,30,33). The molecule has 2 amide bonds. The van der Waals surface area contributed by atoms with Gasteiger partial charge < -0.3 is 15.2 Å². The Balaban J connectivity index is 1.37. The van der Waals surface area contributed by atoms with E-state index in [0.717, 1.165) is 34.1 Å². The fourth-order valence-corrected chi connectivity index (χ4v) is 4.84. The maximum absolute atomic E-state index is 13.6. The van der Waals surface area contributed by atoms with E-state index < -0.39 is 6.04 Å². The number of hydrogen-bond acceptors (Lipinski definition) is 3. The Hall–Kier alpha value is -3.97. The number of rotatable bonds is 7. The summed E-state index contributed by atoms with van der Waals surface area (Å²) in [5.41, 5.74) is 4.59. The second kappa shape index (κ2) is 9.72. The Bertz CT molecular complexity index is 1380. The van der Waals surface area contributed by atoms with Crippen molar-refractivity contribution in [1.82, 2.24) is 9.88 Å². The number of thiocarbonyl (C=S) groups is 1. The van der Waals surface area contributed by atoms with Crippen LogP contribution in [0.2, 0.25) is 0 Å². The number of aromatic nitrogens is 1. The Morgan fingerprint density at radius 1 is 1.03 bits per heavy atom. The number of nitrogens with one attached hydrogen (secondary N) is 2. The van der Waals surface area contributed by atoms with Gasteiger partial charge in [-0.3, -0.25) is 14.5 Å². The Labute approximate surface area is 209 Å². The van der Waals surface area contributed by atoms with E-state index in [0.29, 0.717) is 17.3 Å². The number of H-pyrrole nitrogens is 1. The molecule has 4 aromatic rings. The van der Waals surface area contributed by atoms with Crippen LogP contribution in [-0.2, 0) is 16.0 Å². The summed E-state index contributed by atoms with van der Waals surface area (Å²) in [5, 5.41) is 4.44. The van der Waals surface area contributed by atoms with Crippen LogP contribution in [0, 0.1) is 6.92 Å². The molecule has 0 saturated carbocycles. The largest absolute Gasteiger partial charge is 0.361 e. The quantitative estimate of drug-likeness (QED) is 0.362. The summed E-state index contributed by atoms with van der Waals surface area (Å²) < 4.78 is 0. The van der Waals surface area contributed by atoms with Gasteiger partial charge in [0.25, 0.3) is 5.91 Å². The van der Waals surface area contributed by atoms with Crippen LogP contribution in [-0.4, -0.2) is 39.4 Å². The minimum absolute atomic E-state index is 0.0128. The lowest BCUT2D eigenvalue weighted by atomic mass is 10.1. The van der Waals surface area contributed by atoms with Crippen LogP contribution in [0.3, 0.4) is 0 Å². The van der Waals surface area contributed by atoms with Crippen molar-refractivity contribution in [2.45, 2.75) is 25.8 Å². The third kappa shape index (κ3) is 4.81. The number of benzene rings is 3. The molecule has 0 bridgehead atoms. The van der Waals surface area contributed by atoms with E-state index in [1.165, 1.54) is 0 Å². The zero-order valence-corrected chi connectivity index (χ0v) is 20.2. The molecule has 1 unspecified atom stereocenters. The topological polar surface area (TPSA) is 68.4 Å². The summed E-state index contributed by atoms with van der Waals surface area (Å²) in [6.45, 7) is 2.54. The molecule has 1 atom stereocenters. The van der Waals surface area contributed by atoms with Crippen molar-refractivity contribution < 1.29 is 9.59 Å². The Kier molecular flexibility index (Phi) is 6.33. The minimum atomic E-state index is -0.665. The number of aromatic amines is 1. The van der Waals surface area contributed by atoms with E-state index in [4.69, 9.17) is 12.2 Å². The zero-order valence-electron chi connectivity index (χ0n) is 19.4. The number of fused-ring (bicyclic) bond motifs is 1. The number of aryl methyl sites for hydroxylation is 1. The van der Waals surface area contributed by atoms with E-state index >= 15 is 0 Å². The first-order chi connectivity index (χ1) is 17.0. The molecule has 2 N–H and O–H groups in total. The zero-order chi connectivity index (χ0) is 24.4. The predicted molar refractivity (Wildman–Crippen MR) is 143 cm³/mol. The number of carbonyl (C=O) groups excluding carboxylic acids is 2. The van der Waals surface area contributed by atoms with Crippen LogP contribution < -0.4 is 10.2 Å². The van der Waals surface area contributed by atoms with E-state index in [9.17, 15) is 9.59 Å². The van der Waals surface area contributed by atoms with Crippen LogP contribution in [0.5, 0.6) is 0 Å². The molecule has 5 rings (SSSR count). The van der Waals surface area contributed by atoms with Gasteiger partial charge in [0.2, 0.25) is 5.91 Å². The highest BCUT2D eigenvalue weighted by atomic mass is 32.1. The van der Waals surface area contributed by atoms with Gasteiger partial charge >= 0.3 is 0 Å². The van der Waals surface area contributed by atoms with Crippen LogP contribution in [0.15, 0.2) is 85.1 Å². The summed E-state index contributed by atoms with van der Waals surface area (Å²) in [4.78, 5) is 33.2. The van der Waals surface area contributed by atoms with E-state index in [1.807, 2.05) is 84.8 Å². The Morgan fingerprint density at radius 2 is 1.80 bits per heavy atom. The lowest BCUT2D eigenvalue weighted by molar-refractivity contribution is -0.124. The second-order valence-corrected chi connectivity index (χ2v) is 9.13. The summed E-state index contributed by atoms with van der Waals surface area (Å²) in [5.74, 6) is -0.408. The number of nitrogens with zero attached hydrogens (tertiary/aromatic N) is 2. The summed E-state index contributed by atoms with van der Waals surface area (Å²) in [6, 6.07) is 24.8. The normalized spacial score (nSPS) is 15.7. The van der Waals surface area contributed by atoms with E-state index in [1.54, 1.807) is 4.90 Å². The average Bonchev–Trinajstić information content (AvgIpc) is 3.41. The SMILES string of the molecule is Cc1ccc(N2C(=O)C(CC(=O)Nc3ccc4cc[nH]c4c3)N(CCc3ccccc3)C2=S)cc1. The van der Waals surface area contributed by atoms with Crippen molar-refractivity contribution in [2.75, 3.05) is 16.8 Å². The van der Waals surface area contributed by atoms with Gasteiger partial charge in [0, 0.05) is 23.9 Å². The summed E-state index contributed by atoms with van der Waals surface area (Å²) >= 11 is 5.77. The molecule has 6 nitrogen and oxygen atoms in total. The van der Waals surface area contributed by atoms with Gasteiger partial charge in [0.05, 0.1) is 12.1 Å². The first-order valence-electron chi connectivity index (χ1n) is 11.6. The van der Waals surface area contributed by atoms with Crippen LogP contribution in [0.1, 0.15) is 17.5 Å². The Morgan fingerprint density at radius 3 is 2.57 bits per heavy atom. The molecule has 35 heavy (non-hydrogen) atoms. The molecule has 176 valence electrons. The molecule has 1 aromatic heterocycles. The molecule has 7 heteroatoms. The molecule has 2 heterocycles. The van der Waals surface area contributed by atoms with Crippen molar-refractivity contribution in [3.05, 3.63) is 96.2 Å². The number of amides is 2. The molecule has 1 aliphatic rings. The van der Waals surface area contributed by atoms with Gasteiger partial charge in [0.15, 0.2) is 5.11 Å². The highest BCUT2D eigenvalue weighted by Crippen LogP contribution is 2.28. The highest BCUT2D eigenvalue weighted by Gasteiger charge is 2.43. The third-order valence-electron chi connectivity index (χ3n) is 6.31. The van der Waals surface area contributed by atoms with Crippen molar-refractivity contribution in [2.24, 2.45) is 0 Å². The van der Waals surface area contributed by atoms with E-state index in [-0.39, 0.29) is 18.2 Å². The maximum atomic E-state index is 13.6. The fraction of sp³-hybridized carbons (Fsp3) is 0.179. The summed E-state index contributed by atoms with van der Waals surface area (Å²) in [6.07, 6.45) is 2.59. The van der Waals surface area contributed by atoms with Crippen molar-refractivity contribution in [1.29, 1.82) is 0 Å². The first kappa shape index (κ1) is 22.8. The second-order valence-electron chi connectivity index (χ2n) is 8.77. The van der Waals surface area contributed by atoms with Gasteiger partial charge in [-0.1, -0.05) is 54.1 Å². The molecule has 0 radical (unpaired) electrons. The fourth-order valence-electron chi connectivity index (χ4n) is 4.43. The molecule has 1 fully saturated rings. The van der Waals surface area contributed by atoms with Crippen LogP contribution in [0.4, 0.5) is 11.4 Å². The number of carbonyl (C=O) groups is 2. The van der Waals surface area contributed by atoms with Gasteiger partial charge in [-0.2, -0.15) is 0 Å². The first-order valence-corrected chi connectivity index (χ1v) is 12.0. The molecule has 1 saturated heterocycles. The lowest BCUT2D eigenvalue weighted by Crippen LogP contribution is -2.39. The van der Waals surface area contributed by atoms with E-state index in [2.05, 4.69) is 22.4 Å².